The number of hydrogen-bond acceptors (Lipinski definition) is 2. The normalized spacial score (nSPS) is 10.4. The van der Waals surface area contributed by atoms with Gasteiger partial charge in [0.1, 0.15) is 0 Å². The molecular weight excluding hydrogens is 258 g/mol. The zero-order valence-corrected chi connectivity index (χ0v) is 8.85. The van der Waals surface area contributed by atoms with E-state index in [2.05, 4.69) is 20.7 Å². The predicted octanol–water partition coefficient (Wildman–Crippen LogP) is 3.17. The Kier molecular flexibility index (Phi) is 3.57. The van der Waals surface area contributed by atoms with Gasteiger partial charge in [-0.3, -0.25) is 0 Å². The Labute approximate surface area is 88.0 Å². The van der Waals surface area contributed by atoms with Gasteiger partial charge in [0.25, 0.3) is 6.43 Å². The van der Waals surface area contributed by atoms with Gasteiger partial charge in [-0.1, -0.05) is 22.0 Å². The minimum atomic E-state index is -2.68. The van der Waals surface area contributed by atoms with Crippen LogP contribution in [0.5, 0.6) is 0 Å². The smallest absolute Gasteiger partial charge is 0.338 e. The maximum Gasteiger partial charge on any atom is 0.338 e. The molecule has 76 valence electrons. The molecule has 0 aliphatic carbocycles. The average Bonchev–Trinajstić information content (AvgIpc) is 2.16. The third-order valence-corrected chi connectivity index (χ3v) is 2.15. The Balaban J connectivity index is 3.22. The van der Waals surface area contributed by atoms with Crippen LogP contribution in [-0.4, -0.2) is 13.1 Å². The molecule has 0 bridgehead atoms. The summed E-state index contributed by atoms with van der Waals surface area (Å²) in [7, 11) is 1.15. The molecule has 5 heteroatoms. The summed E-state index contributed by atoms with van der Waals surface area (Å²) in [4.78, 5) is 11.1. The van der Waals surface area contributed by atoms with E-state index >= 15 is 0 Å². The summed E-state index contributed by atoms with van der Waals surface area (Å²) in [6.45, 7) is 0. The van der Waals surface area contributed by atoms with Crippen LogP contribution in [0, 0.1) is 0 Å². The van der Waals surface area contributed by atoms with Crippen molar-refractivity contribution in [3.8, 4) is 0 Å². The van der Waals surface area contributed by atoms with E-state index in [0.717, 1.165) is 7.11 Å². The van der Waals surface area contributed by atoms with Crippen LogP contribution in [0.1, 0.15) is 22.3 Å². The minimum Gasteiger partial charge on any atom is -0.465 e. The molecule has 0 fully saturated rings. The van der Waals surface area contributed by atoms with Crippen molar-refractivity contribution in [3.63, 3.8) is 0 Å². The molecule has 0 aliphatic heterocycles. The van der Waals surface area contributed by atoms with Crippen LogP contribution in [0.4, 0.5) is 8.78 Å². The molecular formula is C9H7BrF2O2. The number of alkyl halides is 2. The van der Waals surface area contributed by atoms with Gasteiger partial charge in [-0.25, -0.2) is 13.6 Å². The minimum absolute atomic E-state index is 0.114. The van der Waals surface area contributed by atoms with E-state index in [9.17, 15) is 13.6 Å². The molecule has 0 N–H and O–H groups in total. The second kappa shape index (κ2) is 4.50. The summed E-state index contributed by atoms with van der Waals surface area (Å²) in [5, 5.41) is 0. The van der Waals surface area contributed by atoms with Crippen molar-refractivity contribution < 1.29 is 18.3 Å². The van der Waals surface area contributed by atoms with Crippen molar-refractivity contribution in [3.05, 3.63) is 33.8 Å². The first-order chi connectivity index (χ1) is 6.56. The monoisotopic (exact) mass is 264 g/mol. The molecule has 1 aromatic rings. The summed E-state index contributed by atoms with van der Waals surface area (Å²) < 4.78 is 29.8. The van der Waals surface area contributed by atoms with Gasteiger partial charge in [-0.05, 0) is 12.1 Å². The fourth-order valence-corrected chi connectivity index (χ4v) is 1.37. The zero-order valence-electron chi connectivity index (χ0n) is 7.26. The highest BCUT2D eigenvalue weighted by Crippen LogP contribution is 2.26. The number of carbonyl (C=O) groups excluding carboxylic acids is 1. The average molecular weight is 265 g/mol. The summed E-state index contributed by atoms with van der Waals surface area (Å²) in [5.74, 6) is -0.762. The van der Waals surface area contributed by atoms with Crippen molar-refractivity contribution in [2.45, 2.75) is 6.43 Å². The quantitative estimate of drug-likeness (QED) is 0.767. The van der Waals surface area contributed by atoms with Gasteiger partial charge in [0.05, 0.1) is 12.7 Å². The van der Waals surface area contributed by atoms with Gasteiger partial charge in [-0.2, -0.15) is 0 Å². The van der Waals surface area contributed by atoms with Gasteiger partial charge in [-0.15, -0.1) is 0 Å². The van der Waals surface area contributed by atoms with Crippen LogP contribution in [0.15, 0.2) is 22.7 Å². The van der Waals surface area contributed by atoms with Gasteiger partial charge < -0.3 is 4.74 Å². The summed E-state index contributed by atoms with van der Waals surface area (Å²) in [6.07, 6.45) is -2.68. The highest BCUT2D eigenvalue weighted by atomic mass is 79.9. The van der Waals surface area contributed by atoms with Crippen LogP contribution in [-0.2, 0) is 4.74 Å². The number of benzene rings is 1. The van der Waals surface area contributed by atoms with E-state index in [1.807, 2.05) is 0 Å². The molecule has 0 spiro atoms. The number of halogens is 3. The Morgan fingerprint density at radius 1 is 1.50 bits per heavy atom. The first-order valence-electron chi connectivity index (χ1n) is 3.72. The number of carbonyl (C=O) groups is 1. The second-order valence-electron chi connectivity index (χ2n) is 2.52. The molecule has 0 saturated heterocycles. The highest BCUT2D eigenvalue weighted by molar-refractivity contribution is 9.10. The Morgan fingerprint density at radius 2 is 2.14 bits per heavy atom. The zero-order chi connectivity index (χ0) is 10.7. The predicted molar refractivity (Wildman–Crippen MR) is 50.4 cm³/mol. The third-order valence-electron chi connectivity index (χ3n) is 1.66. The number of esters is 1. The van der Waals surface area contributed by atoms with Crippen LogP contribution in [0.3, 0.4) is 0 Å². The van der Waals surface area contributed by atoms with E-state index in [4.69, 9.17) is 0 Å². The lowest BCUT2D eigenvalue weighted by Gasteiger charge is -2.06. The Morgan fingerprint density at radius 3 is 2.64 bits per heavy atom. The fraction of sp³-hybridized carbons (Fsp3) is 0.222. The third kappa shape index (κ3) is 2.29. The molecule has 2 nitrogen and oxygen atoms in total. The summed E-state index contributed by atoms with van der Waals surface area (Å²) in [6, 6.07) is 3.96. The summed E-state index contributed by atoms with van der Waals surface area (Å²) >= 11 is 3.09. The molecule has 0 unspecified atom stereocenters. The van der Waals surface area contributed by atoms with Crippen molar-refractivity contribution in [2.75, 3.05) is 7.11 Å². The maximum absolute atomic E-state index is 12.4. The van der Waals surface area contributed by atoms with Crippen LogP contribution in [0.2, 0.25) is 0 Å². The number of ether oxygens (including phenoxy) is 1. The van der Waals surface area contributed by atoms with E-state index in [-0.39, 0.29) is 11.1 Å². The van der Waals surface area contributed by atoms with Gasteiger partial charge >= 0.3 is 5.97 Å². The Hall–Kier alpha value is -0.970. The van der Waals surface area contributed by atoms with E-state index in [0.29, 0.717) is 4.47 Å². The van der Waals surface area contributed by atoms with Crippen LogP contribution < -0.4 is 0 Å². The molecule has 0 saturated carbocycles. The topological polar surface area (TPSA) is 26.3 Å². The largest absolute Gasteiger partial charge is 0.465 e. The molecule has 1 aromatic carbocycles. The first kappa shape index (κ1) is 11.1. The molecule has 0 aromatic heterocycles. The molecule has 0 atom stereocenters. The SMILES string of the molecule is COC(=O)c1cc(Br)ccc1C(F)F. The lowest BCUT2D eigenvalue weighted by Crippen LogP contribution is -2.06. The molecule has 0 amide bonds. The van der Waals surface area contributed by atoms with E-state index in [1.54, 1.807) is 0 Å². The molecule has 14 heavy (non-hydrogen) atoms. The molecule has 1 rings (SSSR count). The van der Waals surface area contributed by atoms with Crippen molar-refractivity contribution in [2.24, 2.45) is 0 Å². The molecule has 0 radical (unpaired) electrons. The fourth-order valence-electron chi connectivity index (χ4n) is 1.01. The van der Waals surface area contributed by atoms with Crippen molar-refractivity contribution in [1.29, 1.82) is 0 Å². The van der Waals surface area contributed by atoms with E-state index in [1.165, 1.54) is 18.2 Å². The maximum atomic E-state index is 12.4. The molecule has 0 aliphatic rings. The standard InChI is InChI=1S/C9H7BrF2O2/c1-14-9(13)7-4-5(10)2-3-6(7)8(11)12/h2-4,8H,1H3. The number of hydrogen-bond donors (Lipinski definition) is 0. The molecule has 0 heterocycles. The first-order valence-corrected chi connectivity index (χ1v) is 4.51. The van der Waals surface area contributed by atoms with Crippen molar-refractivity contribution in [1.82, 2.24) is 0 Å². The van der Waals surface area contributed by atoms with E-state index < -0.39 is 12.4 Å². The van der Waals surface area contributed by atoms with Crippen molar-refractivity contribution >= 4 is 21.9 Å². The lowest BCUT2D eigenvalue weighted by atomic mass is 10.1. The van der Waals surface area contributed by atoms with Gasteiger partial charge in [0, 0.05) is 10.0 Å². The Bertz CT molecular complexity index is 353. The number of methoxy groups -OCH3 is 1. The summed E-state index contributed by atoms with van der Waals surface area (Å²) in [5.41, 5.74) is -0.433. The van der Waals surface area contributed by atoms with Gasteiger partial charge in [0.2, 0.25) is 0 Å². The van der Waals surface area contributed by atoms with Crippen LogP contribution in [0.25, 0.3) is 0 Å². The highest BCUT2D eigenvalue weighted by Gasteiger charge is 2.18. The van der Waals surface area contributed by atoms with Crippen LogP contribution >= 0.6 is 15.9 Å². The number of rotatable bonds is 2. The lowest BCUT2D eigenvalue weighted by molar-refractivity contribution is 0.0589. The van der Waals surface area contributed by atoms with Gasteiger partial charge in [0.15, 0.2) is 0 Å². The second-order valence-corrected chi connectivity index (χ2v) is 3.44.